The van der Waals surface area contributed by atoms with Gasteiger partial charge in [0.25, 0.3) is 0 Å². The first-order chi connectivity index (χ1) is 8.85. The molecule has 0 radical (unpaired) electrons. The molecule has 102 valence electrons. The Balaban J connectivity index is 2.02. The van der Waals surface area contributed by atoms with E-state index < -0.39 is 11.7 Å². The van der Waals surface area contributed by atoms with Gasteiger partial charge < -0.3 is 14.5 Å². The Bertz CT molecular complexity index is 601. The van der Waals surface area contributed by atoms with Crippen LogP contribution in [0.4, 0.5) is 4.79 Å². The summed E-state index contributed by atoms with van der Waals surface area (Å²) in [5, 5.41) is 3.53. The highest BCUT2D eigenvalue weighted by atomic mass is 79.9. The number of pyridine rings is 1. The lowest BCUT2D eigenvalue weighted by Gasteiger charge is -2.19. The fourth-order valence-electron chi connectivity index (χ4n) is 1.54. The Hall–Kier alpha value is -1.56. The molecule has 2 heterocycles. The number of carbonyl (C=O) groups excluding carboxylic acids is 1. The molecule has 0 atom stereocenters. The summed E-state index contributed by atoms with van der Waals surface area (Å²) in [6.07, 6.45) is 2.91. The number of rotatable bonds is 2. The van der Waals surface area contributed by atoms with Gasteiger partial charge in [0.1, 0.15) is 11.4 Å². The van der Waals surface area contributed by atoms with E-state index in [1.807, 2.05) is 26.8 Å². The molecule has 0 unspecified atom stereocenters. The number of furan rings is 1. The molecule has 0 saturated carbocycles. The summed E-state index contributed by atoms with van der Waals surface area (Å²) >= 11 is 3.36. The molecule has 1 N–H and O–H groups in total. The van der Waals surface area contributed by atoms with Crippen molar-refractivity contribution in [3.8, 4) is 0 Å². The van der Waals surface area contributed by atoms with Crippen molar-refractivity contribution in [1.29, 1.82) is 0 Å². The van der Waals surface area contributed by atoms with Crippen molar-refractivity contribution in [2.45, 2.75) is 32.9 Å². The van der Waals surface area contributed by atoms with Crippen molar-refractivity contribution in [1.82, 2.24) is 10.3 Å². The lowest BCUT2D eigenvalue weighted by molar-refractivity contribution is 0.0520. The molecule has 1 amide bonds. The second-order valence-electron chi connectivity index (χ2n) is 5.11. The summed E-state index contributed by atoms with van der Waals surface area (Å²) in [5.41, 5.74) is 0.209. The number of aromatic nitrogens is 1. The summed E-state index contributed by atoms with van der Waals surface area (Å²) in [6.45, 7) is 5.72. The fraction of sp³-hybridized carbons (Fsp3) is 0.385. The average Bonchev–Trinajstić information content (AvgIpc) is 2.68. The van der Waals surface area contributed by atoms with Crippen LogP contribution in [0.3, 0.4) is 0 Å². The minimum Gasteiger partial charge on any atom is -0.458 e. The lowest BCUT2D eigenvalue weighted by Crippen LogP contribution is -2.32. The minimum absolute atomic E-state index is 0.274. The maximum atomic E-state index is 11.5. The molecule has 5 nitrogen and oxygen atoms in total. The molecule has 2 aromatic heterocycles. The van der Waals surface area contributed by atoms with Gasteiger partial charge in [-0.05, 0) is 42.8 Å². The number of nitrogens with zero attached hydrogens (tertiary/aromatic N) is 1. The van der Waals surface area contributed by atoms with E-state index in [2.05, 4.69) is 26.2 Å². The third kappa shape index (κ3) is 3.70. The minimum atomic E-state index is -0.509. The van der Waals surface area contributed by atoms with Gasteiger partial charge in [-0.1, -0.05) is 0 Å². The van der Waals surface area contributed by atoms with Crippen molar-refractivity contribution in [3.05, 3.63) is 28.7 Å². The van der Waals surface area contributed by atoms with Crippen molar-refractivity contribution in [3.63, 3.8) is 0 Å². The van der Waals surface area contributed by atoms with Crippen LogP contribution in [0.1, 0.15) is 26.5 Å². The van der Waals surface area contributed by atoms with Crippen LogP contribution in [0, 0.1) is 0 Å². The van der Waals surface area contributed by atoms with Crippen molar-refractivity contribution >= 4 is 33.0 Å². The summed E-state index contributed by atoms with van der Waals surface area (Å²) < 4.78 is 11.6. The van der Waals surface area contributed by atoms with Gasteiger partial charge >= 0.3 is 6.09 Å². The Morgan fingerprint density at radius 1 is 1.47 bits per heavy atom. The summed E-state index contributed by atoms with van der Waals surface area (Å²) in [6, 6.07) is 1.84. The van der Waals surface area contributed by atoms with Crippen molar-refractivity contribution in [2.24, 2.45) is 0 Å². The largest absolute Gasteiger partial charge is 0.458 e. The number of hydrogen-bond donors (Lipinski definition) is 1. The molecule has 0 fully saturated rings. The van der Waals surface area contributed by atoms with E-state index in [9.17, 15) is 4.79 Å². The highest BCUT2D eigenvalue weighted by Crippen LogP contribution is 2.25. The molecule has 0 aliphatic heterocycles. The number of carbonyl (C=O) groups is 1. The number of alkyl carbamates (subject to hydrolysis) is 1. The summed E-state index contributed by atoms with van der Waals surface area (Å²) in [4.78, 5) is 15.6. The molecule has 2 rings (SSSR count). The van der Waals surface area contributed by atoms with Crippen LogP contribution < -0.4 is 5.32 Å². The first kappa shape index (κ1) is 13.9. The zero-order valence-electron chi connectivity index (χ0n) is 11.0. The predicted molar refractivity (Wildman–Crippen MR) is 74.8 cm³/mol. The highest BCUT2D eigenvalue weighted by Gasteiger charge is 2.16. The third-order valence-electron chi connectivity index (χ3n) is 2.24. The van der Waals surface area contributed by atoms with Crippen LogP contribution in [0.2, 0.25) is 0 Å². The molecular weight excluding hydrogens is 312 g/mol. The number of ether oxygens (including phenoxy) is 1. The van der Waals surface area contributed by atoms with Gasteiger partial charge in [-0.25, -0.2) is 4.79 Å². The molecule has 0 bridgehead atoms. The molecule has 19 heavy (non-hydrogen) atoms. The molecule has 0 aromatic carbocycles. The monoisotopic (exact) mass is 326 g/mol. The van der Waals surface area contributed by atoms with Crippen LogP contribution in [-0.4, -0.2) is 16.7 Å². The standard InChI is InChI=1S/C13H15BrN2O3/c1-13(2,3)19-12(17)16-6-9-4-8-5-15-7-10(14)11(8)18-9/h4-5,7H,6H2,1-3H3,(H,16,17). The van der Waals surface area contributed by atoms with E-state index in [4.69, 9.17) is 9.15 Å². The Labute approximate surface area is 119 Å². The van der Waals surface area contributed by atoms with E-state index in [0.717, 1.165) is 15.4 Å². The highest BCUT2D eigenvalue weighted by molar-refractivity contribution is 9.10. The van der Waals surface area contributed by atoms with Gasteiger partial charge in [0.2, 0.25) is 0 Å². The molecular formula is C13H15BrN2O3. The third-order valence-corrected chi connectivity index (χ3v) is 2.80. The van der Waals surface area contributed by atoms with Gasteiger partial charge in [0.05, 0.1) is 11.0 Å². The van der Waals surface area contributed by atoms with Gasteiger partial charge in [0.15, 0.2) is 5.58 Å². The van der Waals surface area contributed by atoms with E-state index in [0.29, 0.717) is 5.76 Å². The quantitative estimate of drug-likeness (QED) is 0.915. The predicted octanol–water partition coefficient (Wildman–Crippen LogP) is 3.62. The first-order valence-corrected chi connectivity index (χ1v) is 6.63. The van der Waals surface area contributed by atoms with E-state index in [-0.39, 0.29) is 6.54 Å². The summed E-state index contributed by atoms with van der Waals surface area (Å²) in [7, 11) is 0. The number of fused-ring (bicyclic) bond motifs is 1. The zero-order chi connectivity index (χ0) is 14.0. The second kappa shape index (κ2) is 5.21. The normalized spacial score (nSPS) is 11.6. The van der Waals surface area contributed by atoms with Crippen LogP contribution in [0.15, 0.2) is 27.3 Å². The zero-order valence-corrected chi connectivity index (χ0v) is 12.6. The van der Waals surface area contributed by atoms with Gasteiger partial charge in [-0.3, -0.25) is 4.98 Å². The molecule has 2 aromatic rings. The maximum Gasteiger partial charge on any atom is 0.408 e. The van der Waals surface area contributed by atoms with Gasteiger partial charge in [0, 0.05) is 17.8 Å². The summed E-state index contributed by atoms with van der Waals surface area (Å²) in [5.74, 6) is 0.648. The van der Waals surface area contributed by atoms with Crippen LogP contribution in [0.5, 0.6) is 0 Å². The molecule has 0 aliphatic carbocycles. The van der Waals surface area contributed by atoms with E-state index in [1.165, 1.54) is 0 Å². The van der Waals surface area contributed by atoms with Crippen molar-refractivity contribution in [2.75, 3.05) is 0 Å². The fourth-order valence-corrected chi connectivity index (χ4v) is 1.97. The lowest BCUT2D eigenvalue weighted by atomic mass is 10.2. The maximum absolute atomic E-state index is 11.5. The molecule has 6 heteroatoms. The topological polar surface area (TPSA) is 64.4 Å². The Morgan fingerprint density at radius 3 is 2.84 bits per heavy atom. The van der Waals surface area contributed by atoms with Crippen molar-refractivity contribution < 1.29 is 13.9 Å². The number of nitrogens with one attached hydrogen (secondary N) is 1. The van der Waals surface area contributed by atoms with E-state index in [1.54, 1.807) is 12.4 Å². The van der Waals surface area contributed by atoms with Crippen LogP contribution in [0.25, 0.3) is 11.0 Å². The van der Waals surface area contributed by atoms with Crippen LogP contribution >= 0.6 is 15.9 Å². The molecule has 0 saturated heterocycles. The smallest absolute Gasteiger partial charge is 0.408 e. The molecule has 0 spiro atoms. The van der Waals surface area contributed by atoms with Gasteiger partial charge in [-0.15, -0.1) is 0 Å². The second-order valence-corrected chi connectivity index (χ2v) is 5.96. The van der Waals surface area contributed by atoms with Gasteiger partial charge in [-0.2, -0.15) is 0 Å². The average molecular weight is 327 g/mol. The first-order valence-electron chi connectivity index (χ1n) is 5.84. The molecule has 0 aliphatic rings. The van der Waals surface area contributed by atoms with E-state index >= 15 is 0 Å². The van der Waals surface area contributed by atoms with Crippen LogP contribution in [-0.2, 0) is 11.3 Å². The number of amides is 1. The Morgan fingerprint density at radius 2 is 2.21 bits per heavy atom. The Kier molecular flexibility index (Phi) is 3.80. The number of hydrogen-bond acceptors (Lipinski definition) is 4. The SMILES string of the molecule is CC(C)(C)OC(=O)NCc1cc2cncc(Br)c2o1. The number of halogens is 1.